The van der Waals surface area contributed by atoms with Gasteiger partial charge in [-0.15, -0.1) is 0 Å². The molecule has 114 valence electrons. The number of nitrogens with zero attached hydrogens (tertiary/aromatic N) is 2. The van der Waals surface area contributed by atoms with Crippen LogP contribution in [0.15, 0.2) is 41.2 Å². The summed E-state index contributed by atoms with van der Waals surface area (Å²) >= 11 is 0. The highest BCUT2D eigenvalue weighted by atomic mass is 16.2. The van der Waals surface area contributed by atoms with Crippen molar-refractivity contribution in [3.63, 3.8) is 0 Å². The zero-order chi connectivity index (χ0) is 15.7. The standard InChI is InChI=1S/C17H19N3O2/c1-11-5-3-4-6-14(11)18-17(22)12(2)20-16(21)10-9-15(19-20)13-7-8-13/h3-6,9-10,12-13H,7-8H2,1-2H3,(H,18,22). The number of hydrogen-bond acceptors (Lipinski definition) is 3. The number of nitrogens with one attached hydrogen (secondary N) is 1. The Balaban J connectivity index is 1.82. The predicted molar refractivity (Wildman–Crippen MR) is 85.0 cm³/mol. The highest BCUT2D eigenvalue weighted by Gasteiger charge is 2.27. The largest absolute Gasteiger partial charge is 0.324 e. The quantitative estimate of drug-likeness (QED) is 0.943. The van der Waals surface area contributed by atoms with Gasteiger partial charge in [-0.3, -0.25) is 9.59 Å². The van der Waals surface area contributed by atoms with E-state index in [0.717, 1.165) is 29.8 Å². The first kappa shape index (κ1) is 14.5. The predicted octanol–water partition coefficient (Wildman–Crippen LogP) is 2.63. The van der Waals surface area contributed by atoms with Gasteiger partial charge in [0.2, 0.25) is 5.91 Å². The number of benzene rings is 1. The zero-order valence-corrected chi connectivity index (χ0v) is 12.7. The fraction of sp³-hybridized carbons (Fsp3) is 0.353. The minimum absolute atomic E-state index is 0.239. The average Bonchev–Trinajstić information content (AvgIpc) is 3.34. The van der Waals surface area contributed by atoms with Crippen molar-refractivity contribution in [2.75, 3.05) is 5.32 Å². The van der Waals surface area contributed by atoms with Crippen LogP contribution in [0.4, 0.5) is 5.69 Å². The van der Waals surface area contributed by atoms with Crippen molar-refractivity contribution in [1.82, 2.24) is 9.78 Å². The number of carbonyl (C=O) groups excluding carboxylic acids is 1. The number of para-hydroxylation sites is 1. The second-order valence-corrected chi connectivity index (χ2v) is 5.80. The van der Waals surface area contributed by atoms with E-state index >= 15 is 0 Å². The van der Waals surface area contributed by atoms with E-state index in [1.54, 1.807) is 13.0 Å². The van der Waals surface area contributed by atoms with Gasteiger partial charge in [0.05, 0.1) is 5.69 Å². The first-order valence-corrected chi connectivity index (χ1v) is 7.52. The van der Waals surface area contributed by atoms with E-state index < -0.39 is 6.04 Å². The van der Waals surface area contributed by atoms with Crippen molar-refractivity contribution < 1.29 is 4.79 Å². The summed E-state index contributed by atoms with van der Waals surface area (Å²) in [6.45, 7) is 3.62. The summed E-state index contributed by atoms with van der Waals surface area (Å²) in [6.07, 6.45) is 2.21. The minimum Gasteiger partial charge on any atom is -0.324 e. The summed E-state index contributed by atoms with van der Waals surface area (Å²) in [4.78, 5) is 24.4. The third-order valence-electron chi connectivity index (χ3n) is 3.99. The average molecular weight is 297 g/mol. The Morgan fingerprint density at radius 2 is 2.00 bits per heavy atom. The molecule has 1 aromatic carbocycles. The molecule has 1 aliphatic carbocycles. The van der Waals surface area contributed by atoms with Crippen LogP contribution in [0.3, 0.4) is 0 Å². The van der Waals surface area contributed by atoms with Gasteiger partial charge in [-0.25, -0.2) is 4.68 Å². The third kappa shape index (κ3) is 2.93. The van der Waals surface area contributed by atoms with Crippen molar-refractivity contribution in [2.24, 2.45) is 0 Å². The van der Waals surface area contributed by atoms with Crippen LogP contribution in [0.25, 0.3) is 0 Å². The molecule has 0 radical (unpaired) electrons. The number of aryl methyl sites for hydroxylation is 1. The molecule has 1 saturated carbocycles. The number of rotatable bonds is 4. The molecule has 0 saturated heterocycles. The topological polar surface area (TPSA) is 64.0 Å². The van der Waals surface area contributed by atoms with Crippen molar-refractivity contribution in [2.45, 2.75) is 38.6 Å². The second-order valence-electron chi connectivity index (χ2n) is 5.80. The summed E-state index contributed by atoms with van der Waals surface area (Å²) in [6, 6.07) is 10.2. The van der Waals surface area contributed by atoms with Crippen molar-refractivity contribution in [3.8, 4) is 0 Å². The van der Waals surface area contributed by atoms with Crippen molar-refractivity contribution in [3.05, 3.63) is 58.0 Å². The highest BCUT2D eigenvalue weighted by molar-refractivity contribution is 5.94. The fourth-order valence-corrected chi connectivity index (χ4v) is 2.38. The normalized spacial score (nSPS) is 15.4. The molecule has 5 nitrogen and oxygen atoms in total. The van der Waals surface area contributed by atoms with E-state index in [0.29, 0.717) is 5.92 Å². The molecule has 0 aliphatic heterocycles. The molecule has 1 aromatic heterocycles. The van der Waals surface area contributed by atoms with Crippen LogP contribution in [0.5, 0.6) is 0 Å². The molecule has 1 fully saturated rings. The van der Waals surface area contributed by atoms with Gasteiger partial charge in [0.25, 0.3) is 5.56 Å². The monoisotopic (exact) mass is 297 g/mol. The maximum Gasteiger partial charge on any atom is 0.267 e. The minimum atomic E-state index is -0.647. The van der Waals surface area contributed by atoms with Gasteiger partial charge < -0.3 is 5.32 Å². The van der Waals surface area contributed by atoms with Crippen LogP contribution in [-0.4, -0.2) is 15.7 Å². The van der Waals surface area contributed by atoms with Gasteiger partial charge in [0, 0.05) is 17.7 Å². The van der Waals surface area contributed by atoms with Gasteiger partial charge in [0.15, 0.2) is 0 Å². The van der Waals surface area contributed by atoms with Crippen LogP contribution >= 0.6 is 0 Å². The molecule has 22 heavy (non-hydrogen) atoms. The van der Waals surface area contributed by atoms with Gasteiger partial charge >= 0.3 is 0 Å². The van der Waals surface area contributed by atoms with Gasteiger partial charge in [-0.1, -0.05) is 18.2 Å². The fourth-order valence-electron chi connectivity index (χ4n) is 2.38. The molecule has 3 rings (SSSR count). The molecular weight excluding hydrogens is 278 g/mol. The van der Waals surface area contributed by atoms with E-state index in [4.69, 9.17) is 0 Å². The second kappa shape index (κ2) is 5.75. The molecule has 2 aromatic rings. The molecule has 1 atom stereocenters. The first-order valence-electron chi connectivity index (χ1n) is 7.52. The molecule has 5 heteroatoms. The smallest absolute Gasteiger partial charge is 0.267 e. The van der Waals surface area contributed by atoms with Crippen LogP contribution in [0, 0.1) is 6.92 Å². The molecule has 1 N–H and O–H groups in total. The summed E-state index contributed by atoms with van der Waals surface area (Å²) < 4.78 is 1.28. The number of anilines is 1. The summed E-state index contributed by atoms with van der Waals surface area (Å²) in [5.74, 6) is 0.204. The van der Waals surface area contributed by atoms with Crippen LogP contribution in [0.2, 0.25) is 0 Å². The number of carbonyl (C=O) groups is 1. The van der Waals surface area contributed by atoms with E-state index in [9.17, 15) is 9.59 Å². The Labute approximate surface area is 129 Å². The SMILES string of the molecule is Cc1ccccc1NC(=O)C(C)n1nc(C2CC2)ccc1=O. The van der Waals surface area contributed by atoms with Gasteiger partial charge in [-0.05, 0) is 44.4 Å². The Morgan fingerprint density at radius 3 is 2.68 bits per heavy atom. The molecule has 0 spiro atoms. The van der Waals surface area contributed by atoms with Gasteiger partial charge in [-0.2, -0.15) is 5.10 Å². The number of amides is 1. The van der Waals surface area contributed by atoms with Crippen LogP contribution in [-0.2, 0) is 4.79 Å². The number of hydrogen-bond donors (Lipinski definition) is 1. The summed E-state index contributed by atoms with van der Waals surface area (Å²) in [5.41, 5.74) is 2.38. The highest BCUT2D eigenvalue weighted by Crippen LogP contribution is 2.38. The third-order valence-corrected chi connectivity index (χ3v) is 3.99. The Morgan fingerprint density at radius 1 is 1.27 bits per heavy atom. The van der Waals surface area contributed by atoms with Crippen molar-refractivity contribution >= 4 is 11.6 Å². The molecule has 0 bridgehead atoms. The maximum absolute atomic E-state index is 12.4. The Hall–Kier alpha value is -2.43. The summed E-state index contributed by atoms with van der Waals surface area (Å²) in [7, 11) is 0. The Kier molecular flexibility index (Phi) is 3.79. The van der Waals surface area contributed by atoms with Gasteiger partial charge in [0.1, 0.15) is 6.04 Å². The molecule has 1 heterocycles. The lowest BCUT2D eigenvalue weighted by Crippen LogP contribution is -2.33. The Bertz CT molecular complexity index is 762. The van der Waals surface area contributed by atoms with Crippen LogP contribution < -0.4 is 10.9 Å². The summed E-state index contributed by atoms with van der Waals surface area (Å²) in [5, 5.41) is 7.22. The maximum atomic E-state index is 12.4. The van der Waals surface area contributed by atoms with E-state index in [2.05, 4.69) is 10.4 Å². The lowest BCUT2D eigenvalue weighted by atomic mass is 10.2. The van der Waals surface area contributed by atoms with Crippen LogP contribution in [0.1, 0.15) is 43.0 Å². The van der Waals surface area contributed by atoms with E-state index in [1.165, 1.54) is 10.7 Å². The lowest BCUT2D eigenvalue weighted by Gasteiger charge is -2.15. The first-order chi connectivity index (χ1) is 10.6. The van der Waals surface area contributed by atoms with Crippen molar-refractivity contribution in [1.29, 1.82) is 0 Å². The van der Waals surface area contributed by atoms with E-state index in [1.807, 2.05) is 31.2 Å². The lowest BCUT2D eigenvalue weighted by molar-refractivity contribution is -0.119. The molecule has 1 unspecified atom stereocenters. The zero-order valence-electron chi connectivity index (χ0n) is 12.7. The number of aromatic nitrogens is 2. The molecular formula is C17H19N3O2. The molecule has 1 aliphatic rings. The van der Waals surface area contributed by atoms with E-state index in [-0.39, 0.29) is 11.5 Å². The molecule has 1 amide bonds.